The van der Waals surface area contributed by atoms with E-state index in [-0.39, 0.29) is 17.5 Å². The number of carbonyl (C=O) groups excluding carboxylic acids is 1. The Bertz CT molecular complexity index is 1440. The maximum atomic E-state index is 13.3. The van der Waals surface area contributed by atoms with Gasteiger partial charge in [0.25, 0.3) is 5.91 Å². The lowest BCUT2D eigenvalue weighted by Gasteiger charge is -2.17. The Kier molecular flexibility index (Phi) is 6.00. The van der Waals surface area contributed by atoms with Gasteiger partial charge in [0, 0.05) is 17.6 Å². The van der Waals surface area contributed by atoms with Crippen molar-refractivity contribution in [1.82, 2.24) is 20.1 Å². The van der Waals surface area contributed by atoms with Gasteiger partial charge in [-0.15, -0.1) is 0 Å². The molecule has 2 aromatic heterocycles. The summed E-state index contributed by atoms with van der Waals surface area (Å²) in [5.41, 5.74) is 11.7. The van der Waals surface area contributed by atoms with Crippen LogP contribution in [0.4, 0.5) is 10.2 Å². The zero-order valence-corrected chi connectivity index (χ0v) is 19.6. The molecule has 4 N–H and O–H groups in total. The smallest absolute Gasteiger partial charge is 0.253 e. The van der Waals surface area contributed by atoms with Crippen molar-refractivity contribution in [2.75, 3.05) is 12.3 Å². The molecule has 0 spiro atoms. The maximum absolute atomic E-state index is 13.3. The summed E-state index contributed by atoms with van der Waals surface area (Å²) in [7, 11) is 0. The molecule has 1 aliphatic carbocycles. The number of nitrogens with two attached hydrogens (primary N) is 1. The Morgan fingerprint density at radius 1 is 1.31 bits per heavy atom. The van der Waals surface area contributed by atoms with Gasteiger partial charge in [-0.25, -0.2) is 9.07 Å². The van der Waals surface area contributed by atoms with Crippen molar-refractivity contribution in [3.05, 3.63) is 76.4 Å². The number of anilines is 1. The number of nitrogens with zero attached hydrogens (tertiary/aromatic N) is 3. The molecule has 35 heavy (non-hydrogen) atoms. The third-order valence-corrected chi connectivity index (χ3v) is 6.77. The summed E-state index contributed by atoms with van der Waals surface area (Å²) in [4.78, 5) is 16.5. The quantitative estimate of drug-likeness (QED) is 0.362. The maximum Gasteiger partial charge on any atom is 0.253 e. The minimum Gasteiger partial charge on any atom is -0.382 e. The van der Waals surface area contributed by atoms with Crippen LogP contribution in [-0.4, -0.2) is 27.2 Å². The van der Waals surface area contributed by atoms with E-state index in [9.17, 15) is 14.4 Å². The zero-order valence-electron chi connectivity index (χ0n) is 19.6. The summed E-state index contributed by atoms with van der Waals surface area (Å²) in [5.74, 6) is 0.382. The fourth-order valence-electron chi connectivity index (χ4n) is 4.91. The van der Waals surface area contributed by atoms with Crippen molar-refractivity contribution in [2.45, 2.75) is 39.0 Å². The molecular weight excluding hydrogens is 443 g/mol. The van der Waals surface area contributed by atoms with Crippen LogP contribution in [-0.2, 0) is 19.3 Å². The summed E-state index contributed by atoms with van der Waals surface area (Å²) >= 11 is 0. The topological polar surface area (TPSA) is 113 Å². The number of amides is 1. The van der Waals surface area contributed by atoms with Crippen LogP contribution in [0.25, 0.3) is 16.6 Å². The minimum absolute atomic E-state index is 0.126. The van der Waals surface area contributed by atoms with E-state index < -0.39 is 0 Å². The molecule has 4 aromatic rings. The molecule has 2 aromatic carbocycles. The number of para-hydroxylation sites is 1. The van der Waals surface area contributed by atoms with Gasteiger partial charge in [0.2, 0.25) is 0 Å². The first-order valence-electron chi connectivity index (χ1n) is 11.9. The summed E-state index contributed by atoms with van der Waals surface area (Å²) in [6.45, 7) is 2.70. The second-order valence-corrected chi connectivity index (χ2v) is 9.22. The molecule has 5 rings (SSSR count). The standard InChI is InChI=1S/C27H27FN6O/c1-16-7-12-23-21(14-16)19-4-2-5-20(25(19)32-23)27(35)31-13-3-6-24-22(15-29)26(30)34(33-24)18-10-8-17(28)9-11-18/h2,4-5,8-11,16,32H,3,6-7,12-14,30H2,1H3,(H,31,35). The van der Waals surface area contributed by atoms with Crippen LogP contribution >= 0.6 is 0 Å². The van der Waals surface area contributed by atoms with Gasteiger partial charge < -0.3 is 16.0 Å². The zero-order chi connectivity index (χ0) is 24.5. The molecule has 1 aliphatic rings. The van der Waals surface area contributed by atoms with Crippen LogP contribution in [0.1, 0.15) is 52.6 Å². The molecule has 1 atom stereocenters. The number of nitrogen functional groups attached to an aromatic ring is 1. The molecule has 2 heterocycles. The van der Waals surface area contributed by atoms with E-state index in [2.05, 4.69) is 34.5 Å². The van der Waals surface area contributed by atoms with Gasteiger partial charge in [0.05, 0.1) is 22.5 Å². The molecule has 0 fully saturated rings. The highest BCUT2D eigenvalue weighted by molar-refractivity contribution is 6.06. The number of nitriles is 1. The summed E-state index contributed by atoms with van der Waals surface area (Å²) in [6.07, 6.45) is 4.28. The lowest BCUT2D eigenvalue weighted by atomic mass is 9.87. The van der Waals surface area contributed by atoms with Crippen LogP contribution in [0.5, 0.6) is 0 Å². The van der Waals surface area contributed by atoms with E-state index in [0.29, 0.717) is 47.8 Å². The number of benzene rings is 2. The van der Waals surface area contributed by atoms with Gasteiger partial charge in [-0.3, -0.25) is 4.79 Å². The number of halogens is 1. The average Bonchev–Trinajstić information content (AvgIpc) is 3.38. The largest absolute Gasteiger partial charge is 0.382 e. The van der Waals surface area contributed by atoms with Gasteiger partial charge in [-0.2, -0.15) is 10.4 Å². The average molecular weight is 471 g/mol. The Balaban J connectivity index is 1.26. The number of carbonyl (C=O) groups is 1. The second-order valence-electron chi connectivity index (χ2n) is 9.22. The van der Waals surface area contributed by atoms with Crippen LogP contribution in [0.3, 0.4) is 0 Å². The molecule has 7 nitrogen and oxygen atoms in total. The molecule has 0 bridgehead atoms. The summed E-state index contributed by atoms with van der Waals surface area (Å²) in [6, 6.07) is 13.7. The molecule has 0 aliphatic heterocycles. The third-order valence-electron chi connectivity index (χ3n) is 6.77. The first-order valence-corrected chi connectivity index (χ1v) is 11.9. The first-order chi connectivity index (χ1) is 17.0. The number of rotatable bonds is 6. The molecule has 0 radical (unpaired) electrons. The molecule has 1 unspecified atom stereocenters. The van der Waals surface area contributed by atoms with Crippen molar-refractivity contribution in [3.63, 3.8) is 0 Å². The number of aromatic nitrogens is 3. The molecule has 0 saturated carbocycles. The highest BCUT2D eigenvalue weighted by Gasteiger charge is 2.22. The number of H-pyrrole nitrogens is 1. The molecule has 0 saturated heterocycles. The van der Waals surface area contributed by atoms with Gasteiger partial charge in [0.15, 0.2) is 0 Å². The van der Waals surface area contributed by atoms with Crippen molar-refractivity contribution in [2.24, 2.45) is 5.92 Å². The molecule has 178 valence electrons. The lowest BCUT2D eigenvalue weighted by molar-refractivity contribution is 0.0954. The first kappa shape index (κ1) is 22.7. The Morgan fingerprint density at radius 3 is 2.89 bits per heavy atom. The predicted octanol–water partition coefficient (Wildman–Crippen LogP) is 4.43. The highest BCUT2D eigenvalue weighted by atomic mass is 19.1. The van der Waals surface area contributed by atoms with Crippen LogP contribution in [0, 0.1) is 23.1 Å². The van der Waals surface area contributed by atoms with Crippen molar-refractivity contribution >= 4 is 22.6 Å². The van der Waals surface area contributed by atoms with Crippen molar-refractivity contribution in [3.8, 4) is 11.8 Å². The van der Waals surface area contributed by atoms with E-state index >= 15 is 0 Å². The number of hydrogen-bond acceptors (Lipinski definition) is 4. The fourth-order valence-corrected chi connectivity index (χ4v) is 4.91. The second kappa shape index (κ2) is 9.26. The minimum atomic E-state index is -0.360. The van der Waals surface area contributed by atoms with Crippen LogP contribution in [0.15, 0.2) is 42.5 Å². The monoisotopic (exact) mass is 470 g/mol. The number of aromatic amines is 1. The van der Waals surface area contributed by atoms with E-state index in [4.69, 9.17) is 5.73 Å². The van der Waals surface area contributed by atoms with Gasteiger partial charge >= 0.3 is 0 Å². The highest BCUT2D eigenvalue weighted by Crippen LogP contribution is 2.33. The van der Waals surface area contributed by atoms with Crippen LogP contribution < -0.4 is 11.1 Å². The van der Waals surface area contributed by atoms with Crippen LogP contribution in [0.2, 0.25) is 0 Å². The number of nitrogens with one attached hydrogen (secondary N) is 2. The molecule has 1 amide bonds. The summed E-state index contributed by atoms with van der Waals surface area (Å²) < 4.78 is 14.7. The SMILES string of the molecule is CC1CCc2[nH]c3c(C(=O)NCCCc4nn(-c5ccc(F)cc5)c(N)c4C#N)cccc3c2C1. The van der Waals surface area contributed by atoms with Crippen molar-refractivity contribution in [1.29, 1.82) is 5.26 Å². The Labute approximate surface area is 202 Å². The van der Waals surface area contributed by atoms with Gasteiger partial charge in [-0.1, -0.05) is 19.1 Å². The third kappa shape index (κ3) is 4.26. The normalized spacial score (nSPS) is 15.1. The fraction of sp³-hybridized carbons (Fsp3) is 0.296. The van der Waals surface area contributed by atoms with Gasteiger partial charge in [-0.05, 0) is 73.9 Å². The lowest BCUT2D eigenvalue weighted by Crippen LogP contribution is -2.25. The van der Waals surface area contributed by atoms with E-state index in [1.807, 2.05) is 12.1 Å². The van der Waals surface area contributed by atoms with E-state index in [1.54, 1.807) is 12.1 Å². The van der Waals surface area contributed by atoms with Crippen molar-refractivity contribution < 1.29 is 9.18 Å². The predicted molar refractivity (Wildman–Crippen MR) is 133 cm³/mol. The number of hydrogen-bond donors (Lipinski definition) is 3. The van der Waals surface area contributed by atoms with E-state index in [0.717, 1.165) is 30.2 Å². The van der Waals surface area contributed by atoms with E-state index in [1.165, 1.54) is 28.1 Å². The van der Waals surface area contributed by atoms with Gasteiger partial charge in [0.1, 0.15) is 23.3 Å². The molecule has 8 heteroatoms. The molecular formula is C27H27FN6O. The number of aryl methyl sites for hydroxylation is 2. The Hall–Kier alpha value is -4.12. The number of fused-ring (bicyclic) bond motifs is 3. The summed E-state index contributed by atoms with van der Waals surface area (Å²) in [5, 5.41) is 18.2. The Morgan fingerprint density at radius 2 is 2.11 bits per heavy atom.